The van der Waals surface area contributed by atoms with Gasteiger partial charge in [-0.25, -0.2) is 4.79 Å². The molecule has 0 heterocycles. The summed E-state index contributed by atoms with van der Waals surface area (Å²) in [5.74, 6) is 0. The molecule has 0 aromatic heterocycles. The lowest BCUT2D eigenvalue weighted by molar-refractivity contribution is 0.177. The van der Waals surface area contributed by atoms with E-state index in [1.54, 1.807) is 18.2 Å². The van der Waals surface area contributed by atoms with Crippen molar-refractivity contribution in [2.45, 2.75) is 12.5 Å². The van der Waals surface area contributed by atoms with Crippen molar-refractivity contribution in [1.82, 2.24) is 5.32 Å². The molecule has 1 amide bonds. The summed E-state index contributed by atoms with van der Waals surface area (Å²) >= 11 is 9.11. The van der Waals surface area contributed by atoms with Crippen LogP contribution in [0.5, 0.6) is 0 Å². The Morgan fingerprint density at radius 3 is 2.75 bits per heavy atom. The molecule has 6 heteroatoms. The van der Waals surface area contributed by atoms with E-state index in [0.717, 1.165) is 10.0 Å². The van der Waals surface area contributed by atoms with Gasteiger partial charge in [0.1, 0.15) is 0 Å². The normalized spacial score (nSPS) is 12.2. The van der Waals surface area contributed by atoms with Gasteiger partial charge >= 0.3 is 6.09 Å². The van der Waals surface area contributed by atoms with Gasteiger partial charge in [-0.15, -0.1) is 0 Å². The number of nitrogens with one attached hydrogen (secondary N) is 1. The maximum absolute atomic E-state index is 10.4. The van der Waals surface area contributed by atoms with Crippen molar-refractivity contribution < 1.29 is 15.0 Å². The number of hydrogen-bond acceptors (Lipinski definition) is 2. The van der Waals surface area contributed by atoms with Crippen molar-refractivity contribution in [2.75, 3.05) is 6.61 Å². The summed E-state index contributed by atoms with van der Waals surface area (Å²) in [7, 11) is 0. The van der Waals surface area contributed by atoms with Crippen LogP contribution in [0.4, 0.5) is 4.79 Å². The minimum absolute atomic E-state index is 0.249. The maximum Gasteiger partial charge on any atom is 0.404 e. The molecule has 1 aromatic rings. The van der Waals surface area contributed by atoms with Crippen LogP contribution in [0, 0.1) is 0 Å². The molecule has 0 bridgehead atoms. The van der Waals surface area contributed by atoms with Gasteiger partial charge in [-0.1, -0.05) is 33.6 Å². The topological polar surface area (TPSA) is 69.6 Å². The van der Waals surface area contributed by atoms with E-state index in [1.165, 1.54) is 0 Å². The van der Waals surface area contributed by atoms with Crippen molar-refractivity contribution in [1.29, 1.82) is 0 Å². The zero-order chi connectivity index (χ0) is 12.1. The van der Waals surface area contributed by atoms with E-state index in [0.29, 0.717) is 11.4 Å². The van der Waals surface area contributed by atoms with Crippen molar-refractivity contribution >= 4 is 33.6 Å². The molecule has 0 spiro atoms. The second-order valence-corrected chi connectivity index (χ2v) is 4.56. The Balaban J connectivity index is 2.73. The van der Waals surface area contributed by atoms with Gasteiger partial charge in [0.05, 0.1) is 12.6 Å². The van der Waals surface area contributed by atoms with Crippen LogP contribution in [0.2, 0.25) is 5.02 Å². The fraction of sp³-hybridized carbons (Fsp3) is 0.300. The standard InChI is InChI=1S/C10H11BrClNO3/c11-9-4-7(12)2-1-6(9)3-8(5-14)13-10(15)16/h1-2,4,8,13-14H,3,5H2,(H,15,16). The van der Waals surface area contributed by atoms with Gasteiger partial charge in [0.2, 0.25) is 0 Å². The van der Waals surface area contributed by atoms with E-state index in [-0.39, 0.29) is 6.61 Å². The Labute approximate surface area is 106 Å². The third-order valence-electron chi connectivity index (χ3n) is 2.03. The zero-order valence-corrected chi connectivity index (χ0v) is 10.6. The van der Waals surface area contributed by atoms with Gasteiger partial charge in [-0.3, -0.25) is 0 Å². The van der Waals surface area contributed by atoms with E-state index in [4.69, 9.17) is 21.8 Å². The highest BCUT2D eigenvalue weighted by atomic mass is 79.9. The van der Waals surface area contributed by atoms with Gasteiger partial charge in [-0.05, 0) is 24.1 Å². The van der Waals surface area contributed by atoms with Crippen LogP contribution in [-0.4, -0.2) is 29.0 Å². The summed E-state index contributed by atoms with van der Waals surface area (Å²) in [6, 6.07) is 4.72. The lowest BCUT2D eigenvalue weighted by Gasteiger charge is -2.15. The largest absolute Gasteiger partial charge is 0.465 e. The average Bonchev–Trinajstić information content (AvgIpc) is 2.20. The predicted molar refractivity (Wildman–Crippen MR) is 64.9 cm³/mol. The number of benzene rings is 1. The van der Waals surface area contributed by atoms with E-state index >= 15 is 0 Å². The van der Waals surface area contributed by atoms with Crippen molar-refractivity contribution in [3.05, 3.63) is 33.3 Å². The van der Waals surface area contributed by atoms with Gasteiger partial charge < -0.3 is 15.5 Å². The van der Waals surface area contributed by atoms with Crippen LogP contribution in [0.3, 0.4) is 0 Å². The van der Waals surface area contributed by atoms with Crippen LogP contribution in [-0.2, 0) is 6.42 Å². The SMILES string of the molecule is O=C(O)NC(CO)Cc1ccc(Cl)cc1Br. The Bertz CT molecular complexity index is 386. The number of halogens is 2. The van der Waals surface area contributed by atoms with Crippen LogP contribution in [0.15, 0.2) is 22.7 Å². The van der Waals surface area contributed by atoms with E-state index < -0.39 is 12.1 Å². The van der Waals surface area contributed by atoms with Gasteiger partial charge in [0.25, 0.3) is 0 Å². The molecule has 0 aliphatic heterocycles. The van der Waals surface area contributed by atoms with Crippen LogP contribution < -0.4 is 5.32 Å². The number of aliphatic hydroxyl groups is 1. The molecule has 3 N–H and O–H groups in total. The number of carboxylic acid groups (broad SMARTS) is 1. The number of amides is 1. The minimum atomic E-state index is -1.15. The predicted octanol–water partition coefficient (Wildman–Crippen LogP) is 2.27. The maximum atomic E-state index is 10.4. The average molecular weight is 309 g/mol. The van der Waals surface area contributed by atoms with Gasteiger partial charge in [0, 0.05) is 9.50 Å². The smallest absolute Gasteiger partial charge is 0.404 e. The number of hydrogen-bond donors (Lipinski definition) is 3. The lowest BCUT2D eigenvalue weighted by Crippen LogP contribution is -2.38. The molecule has 16 heavy (non-hydrogen) atoms. The Kier molecular flexibility index (Phi) is 5.05. The molecule has 4 nitrogen and oxygen atoms in total. The number of rotatable bonds is 4. The summed E-state index contributed by atoms with van der Waals surface area (Å²) in [6.45, 7) is -0.249. The zero-order valence-electron chi connectivity index (χ0n) is 8.28. The molecule has 0 saturated carbocycles. The molecule has 0 saturated heterocycles. The first-order valence-corrected chi connectivity index (χ1v) is 5.74. The fourth-order valence-electron chi connectivity index (χ4n) is 1.29. The van der Waals surface area contributed by atoms with Crippen molar-refractivity contribution in [3.8, 4) is 0 Å². The fourth-order valence-corrected chi connectivity index (χ4v) is 2.13. The molecule has 88 valence electrons. The lowest BCUT2D eigenvalue weighted by atomic mass is 10.1. The summed E-state index contributed by atoms with van der Waals surface area (Å²) in [5, 5.41) is 20.4. The Hall–Kier alpha value is -0.780. The molecule has 1 rings (SSSR count). The van der Waals surface area contributed by atoms with Crippen LogP contribution >= 0.6 is 27.5 Å². The van der Waals surface area contributed by atoms with Gasteiger partial charge in [0.15, 0.2) is 0 Å². The molecular formula is C10H11BrClNO3. The summed E-state index contributed by atoms with van der Waals surface area (Å²) < 4.78 is 0.797. The molecule has 0 aliphatic carbocycles. The molecule has 0 aliphatic rings. The third-order valence-corrected chi connectivity index (χ3v) is 3.00. The Morgan fingerprint density at radius 1 is 1.56 bits per heavy atom. The monoisotopic (exact) mass is 307 g/mol. The first-order valence-electron chi connectivity index (χ1n) is 4.57. The highest BCUT2D eigenvalue weighted by Crippen LogP contribution is 2.22. The number of carbonyl (C=O) groups is 1. The van der Waals surface area contributed by atoms with E-state index in [2.05, 4.69) is 21.2 Å². The summed E-state index contributed by atoms with van der Waals surface area (Å²) in [6.07, 6.45) is -0.746. The second kappa shape index (κ2) is 6.08. The quantitative estimate of drug-likeness (QED) is 0.799. The first kappa shape index (κ1) is 13.3. The molecule has 0 fully saturated rings. The molecule has 0 radical (unpaired) electrons. The molecule has 1 unspecified atom stereocenters. The third kappa shape index (κ3) is 4.00. The van der Waals surface area contributed by atoms with Gasteiger partial charge in [-0.2, -0.15) is 0 Å². The highest BCUT2D eigenvalue weighted by Gasteiger charge is 2.12. The van der Waals surface area contributed by atoms with Crippen LogP contribution in [0.1, 0.15) is 5.56 Å². The van der Waals surface area contributed by atoms with Crippen molar-refractivity contribution in [3.63, 3.8) is 0 Å². The van der Waals surface area contributed by atoms with E-state index in [9.17, 15) is 4.79 Å². The first-order chi connectivity index (χ1) is 7.52. The summed E-state index contributed by atoms with van der Waals surface area (Å²) in [5.41, 5.74) is 0.886. The second-order valence-electron chi connectivity index (χ2n) is 3.27. The minimum Gasteiger partial charge on any atom is -0.465 e. The Morgan fingerprint density at radius 2 is 2.25 bits per heavy atom. The molecular weight excluding hydrogens is 297 g/mol. The van der Waals surface area contributed by atoms with Crippen LogP contribution in [0.25, 0.3) is 0 Å². The number of aliphatic hydroxyl groups excluding tert-OH is 1. The highest BCUT2D eigenvalue weighted by molar-refractivity contribution is 9.10. The molecule has 1 atom stereocenters. The summed E-state index contributed by atoms with van der Waals surface area (Å²) in [4.78, 5) is 10.4. The molecule has 1 aromatic carbocycles. The van der Waals surface area contributed by atoms with E-state index in [1.807, 2.05) is 0 Å². The van der Waals surface area contributed by atoms with Crippen molar-refractivity contribution in [2.24, 2.45) is 0 Å².